The summed E-state index contributed by atoms with van der Waals surface area (Å²) in [7, 11) is 0. The Balaban J connectivity index is 1.33. The zero-order valence-corrected chi connectivity index (χ0v) is 15.9. The zero-order chi connectivity index (χ0) is 20.2. The quantitative estimate of drug-likeness (QED) is 0.627. The molecule has 146 valence electrons. The van der Waals surface area contributed by atoms with E-state index in [0.29, 0.717) is 16.9 Å². The van der Waals surface area contributed by atoms with Crippen LogP contribution in [0.2, 0.25) is 0 Å². The van der Waals surface area contributed by atoms with Gasteiger partial charge >= 0.3 is 0 Å². The molecule has 3 aromatic carbocycles. The third kappa shape index (κ3) is 4.14. The van der Waals surface area contributed by atoms with Crippen LogP contribution in [0, 0.1) is 11.3 Å². The Labute approximate surface area is 168 Å². The molecular formula is C23H21N3O3. The van der Waals surface area contributed by atoms with E-state index in [1.807, 2.05) is 42.5 Å². The highest BCUT2D eigenvalue weighted by molar-refractivity contribution is 5.78. The second kappa shape index (κ2) is 8.19. The van der Waals surface area contributed by atoms with Crippen LogP contribution < -0.4 is 26.2 Å². The molecule has 0 unspecified atom stereocenters. The van der Waals surface area contributed by atoms with E-state index in [1.165, 1.54) is 0 Å². The summed E-state index contributed by atoms with van der Waals surface area (Å²) in [6.07, 6.45) is 3.52. The minimum Gasteiger partial charge on any atom is -0.490 e. The van der Waals surface area contributed by atoms with Crippen LogP contribution in [-0.4, -0.2) is 12.1 Å². The molecule has 2 N–H and O–H groups in total. The highest BCUT2D eigenvalue weighted by Gasteiger charge is 2.27. The molecule has 6 heteroatoms. The molecule has 0 amide bonds. The Morgan fingerprint density at radius 1 is 0.862 bits per heavy atom. The fourth-order valence-corrected chi connectivity index (χ4v) is 3.64. The summed E-state index contributed by atoms with van der Waals surface area (Å²) in [5, 5.41) is 15.2. The molecule has 1 fully saturated rings. The van der Waals surface area contributed by atoms with E-state index in [0.717, 1.165) is 37.1 Å². The highest BCUT2D eigenvalue weighted by Crippen LogP contribution is 2.28. The van der Waals surface area contributed by atoms with E-state index in [9.17, 15) is 9.59 Å². The van der Waals surface area contributed by atoms with Crippen molar-refractivity contribution in [3.05, 3.63) is 80.6 Å². The average Bonchev–Trinajstić information content (AvgIpc) is 2.78. The number of ether oxygens (including phenoxy) is 1. The van der Waals surface area contributed by atoms with E-state index in [2.05, 4.69) is 16.7 Å². The summed E-state index contributed by atoms with van der Waals surface area (Å²) >= 11 is 0. The van der Waals surface area contributed by atoms with Gasteiger partial charge in [0.05, 0.1) is 17.7 Å². The van der Waals surface area contributed by atoms with E-state index in [1.54, 1.807) is 12.1 Å². The van der Waals surface area contributed by atoms with Gasteiger partial charge in [-0.15, -0.1) is 0 Å². The van der Waals surface area contributed by atoms with E-state index in [4.69, 9.17) is 10.00 Å². The van der Waals surface area contributed by atoms with Crippen LogP contribution in [0.15, 0.2) is 64.2 Å². The van der Waals surface area contributed by atoms with Crippen LogP contribution in [0.5, 0.6) is 5.75 Å². The molecule has 0 aromatic heterocycles. The summed E-state index contributed by atoms with van der Waals surface area (Å²) < 4.78 is 6.00. The normalized spacial score (nSPS) is 18.7. The van der Waals surface area contributed by atoms with Gasteiger partial charge in [0.1, 0.15) is 17.1 Å². The monoisotopic (exact) mass is 387 g/mol. The van der Waals surface area contributed by atoms with Crippen molar-refractivity contribution in [3.8, 4) is 11.8 Å². The average molecular weight is 387 g/mol. The minimum absolute atomic E-state index is 0.107. The Bertz CT molecular complexity index is 1090. The van der Waals surface area contributed by atoms with Crippen molar-refractivity contribution in [2.24, 2.45) is 0 Å². The molecule has 29 heavy (non-hydrogen) atoms. The van der Waals surface area contributed by atoms with Crippen LogP contribution in [0.25, 0.3) is 0 Å². The molecule has 3 aromatic rings. The molecule has 0 bridgehead atoms. The number of nitrogens with zero attached hydrogens (tertiary/aromatic N) is 1. The number of hydrogen-bond donors (Lipinski definition) is 2. The van der Waals surface area contributed by atoms with Gasteiger partial charge in [0, 0.05) is 11.7 Å². The topological polar surface area (TPSA) is 91.2 Å². The predicted octanol–water partition coefficient (Wildman–Crippen LogP) is 3.70. The molecule has 1 saturated carbocycles. The Hall–Kier alpha value is -3.59. The van der Waals surface area contributed by atoms with Gasteiger partial charge in [-0.1, -0.05) is 18.2 Å². The molecule has 1 aliphatic rings. The number of hydrogen-bond acceptors (Lipinski definition) is 6. The van der Waals surface area contributed by atoms with Crippen LogP contribution in [0.1, 0.15) is 31.2 Å². The molecular weight excluding hydrogens is 366 g/mol. The molecule has 6 nitrogen and oxygen atoms in total. The second-order valence-electron chi connectivity index (χ2n) is 7.27. The standard InChI is InChI=1S/C23H21N3O3/c24-14-15-6-10-18(11-7-15)29-19-12-8-17(9-13-19)26-21-20(22(27)23(21)28)25-16-4-2-1-3-5-16/h1-7,10-11,17,19,25-26H,8-9,12-13H2. The van der Waals surface area contributed by atoms with Crippen molar-refractivity contribution in [3.63, 3.8) is 0 Å². The Morgan fingerprint density at radius 2 is 1.52 bits per heavy atom. The smallest absolute Gasteiger partial charge is 0.253 e. The summed E-state index contributed by atoms with van der Waals surface area (Å²) in [5.41, 5.74) is 1.18. The molecule has 4 rings (SSSR count). The third-order valence-corrected chi connectivity index (χ3v) is 5.26. The van der Waals surface area contributed by atoms with Gasteiger partial charge < -0.3 is 15.4 Å². The first-order valence-corrected chi connectivity index (χ1v) is 9.73. The first-order valence-electron chi connectivity index (χ1n) is 9.73. The summed E-state index contributed by atoms with van der Waals surface area (Å²) in [6.45, 7) is 0. The highest BCUT2D eigenvalue weighted by atomic mass is 16.5. The van der Waals surface area contributed by atoms with Gasteiger partial charge in [-0.3, -0.25) is 9.59 Å². The molecule has 0 saturated heterocycles. The van der Waals surface area contributed by atoms with Gasteiger partial charge in [-0.25, -0.2) is 0 Å². The van der Waals surface area contributed by atoms with Gasteiger partial charge in [-0.2, -0.15) is 5.26 Å². The maximum atomic E-state index is 12.0. The Morgan fingerprint density at radius 3 is 2.17 bits per heavy atom. The molecule has 0 radical (unpaired) electrons. The van der Waals surface area contributed by atoms with E-state index >= 15 is 0 Å². The van der Waals surface area contributed by atoms with Crippen molar-refractivity contribution < 1.29 is 4.74 Å². The summed E-state index contributed by atoms with van der Waals surface area (Å²) in [5.74, 6) is 0.761. The lowest BCUT2D eigenvalue weighted by atomic mass is 9.92. The van der Waals surface area contributed by atoms with Crippen molar-refractivity contribution in [2.45, 2.75) is 37.8 Å². The third-order valence-electron chi connectivity index (χ3n) is 5.26. The van der Waals surface area contributed by atoms with Crippen LogP contribution in [0.3, 0.4) is 0 Å². The Kier molecular flexibility index (Phi) is 5.30. The second-order valence-corrected chi connectivity index (χ2v) is 7.27. The first kappa shape index (κ1) is 18.8. The van der Waals surface area contributed by atoms with Gasteiger partial charge in [0.2, 0.25) is 0 Å². The number of nitriles is 1. The number of para-hydroxylation sites is 1. The van der Waals surface area contributed by atoms with Crippen LogP contribution in [0.4, 0.5) is 17.1 Å². The fraction of sp³-hybridized carbons (Fsp3) is 0.261. The van der Waals surface area contributed by atoms with Gasteiger partial charge in [0.15, 0.2) is 0 Å². The van der Waals surface area contributed by atoms with Crippen molar-refractivity contribution in [1.82, 2.24) is 0 Å². The van der Waals surface area contributed by atoms with Crippen molar-refractivity contribution in [1.29, 1.82) is 5.26 Å². The molecule has 0 spiro atoms. The zero-order valence-electron chi connectivity index (χ0n) is 15.9. The van der Waals surface area contributed by atoms with Gasteiger partial charge in [0.25, 0.3) is 10.9 Å². The lowest BCUT2D eigenvalue weighted by Gasteiger charge is -2.30. The molecule has 0 atom stereocenters. The summed E-state index contributed by atoms with van der Waals surface area (Å²) in [4.78, 5) is 24.0. The van der Waals surface area contributed by atoms with Crippen molar-refractivity contribution >= 4 is 17.1 Å². The molecule has 0 heterocycles. The number of rotatable bonds is 6. The van der Waals surface area contributed by atoms with E-state index < -0.39 is 10.9 Å². The molecule has 1 aliphatic carbocycles. The van der Waals surface area contributed by atoms with Crippen LogP contribution in [-0.2, 0) is 0 Å². The van der Waals surface area contributed by atoms with E-state index in [-0.39, 0.29) is 12.1 Å². The number of anilines is 3. The number of nitrogens with one attached hydrogen (secondary N) is 2. The summed E-state index contributed by atoms with van der Waals surface area (Å²) in [6, 6.07) is 18.7. The minimum atomic E-state index is -0.478. The van der Waals surface area contributed by atoms with Crippen LogP contribution >= 0.6 is 0 Å². The fourth-order valence-electron chi connectivity index (χ4n) is 3.64. The van der Waals surface area contributed by atoms with Crippen molar-refractivity contribution in [2.75, 3.05) is 10.6 Å². The largest absolute Gasteiger partial charge is 0.490 e. The SMILES string of the molecule is N#Cc1ccc(OC2CCC(Nc3c(Nc4ccccc4)c(=O)c3=O)CC2)cc1. The first-order chi connectivity index (χ1) is 14.1. The maximum absolute atomic E-state index is 12.0. The maximum Gasteiger partial charge on any atom is 0.253 e. The molecule has 0 aliphatic heterocycles. The number of benzene rings is 2. The van der Waals surface area contributed by atoms with Gasteiger partial charge in [-0.05, 0) is 62.1 Å². The lowest BCUT2D eigenvalue weighted by molar-refractivity contribution is 0.150. The lowest BCUT2D eigenvalue weighted by Crippen LogP contribution is -2.40. The predicted molar refractivity (Wildman–Crippen MR) is 113 cm³/mol.